The molecule has 4 amide bonds. The van der Waals surface area contributed by atoms with Crippen LogP contribution < -0.4 is 4.74 Å². The summed E-state index contributed by atoms with van der Waals surface area (Å²) in [6, 6.07) is 15.0. The van der Waals surface area contributed by atoms with Crippen LogP contribution in [0.5, 0.6) is 11.5 Å². The second kappa shape index (κ2) is 8.86. The van der Waals surface area contributed by atoms with Gasteiger partial charge in [0.2, 0.25) is 11.8 Å². The van der Waals surface area contributed by atoms with Crippen molar-refractivity contribution in [3.63, 3.8) is 0 Å². The lowest BCUT2D eigenvalue weighted by Gasteiger charge is -2.38. The number of benzene rings is 2. The van der Waals surface area contributed by atoms with Crippen molar-refractivity contribution in [3.8, 4) is 11.5 Å². The molecule has 0 N–H and O–H groups in total. The normalized spacial score (nSPS) is 18.9. The molecule has 3 heterocycles. The van der Waals surface area contributed by atoms with Gasteiger partial charge in [0.25, 0.3) is 0 Å². The number of amides is 4. The van der Waals surface area contributed by atoms with E-state index in [-0.39, 0.29) is 37.0 Å². The Morgan fingerprint density at radius 2 is 1.61 bits per heavy atom. The standard InChI is InChI=1S/C25H27N3O5/c1-32-15-14-27-22(29)16-28(25(27)31)17-10-12-26(13-11-17)24(30)23-18-6-2-4-8-20(18)33-21-9-5-3-7-19(21)23/h2-9,17,23H,10-16H2,1H3. The maximum absolute atomic E-state index is 13.7. The quantitative estimate of drug-likeness (QED) is 0.656. The fourth-order valence-corrected chi connectivity index (χ4v) is 5.01. The molecule has 0 aromatic heterocycles. The summed E-state index contributed by atoms with van der Waals surface area (Å²) in [5, 5.41) is 0. The number of imide groups is 1. The number of hydrogen-bond donors (Lipinski definition) is 0. The fraction of sp³-hybridized carbons (Fsp3) is 0.400. The third-order valence-electron chi connectivity index (χ3n) is 6.75. The largest absolute Gasteiger partial charge is 0.457 e. The summed E-state index contributed by atoms with van der Waals surface area (Å²) < 4.78 is 11.0. The molecule has 0 unspecified atom stereocenters. The highest BCUT2D eigenvalue weighted by molar-refractivity contribution is 6.02. The Morgan fingerprint density at radius 3 is 2.21 bits per heavy atom. The zero-order chi connectivity index (χ0) is 22.9. The first-order valence-electron chi connectivity index (χ1n) is 11.3. The number of carbonyl (C=O) groups is 3. The van der Waals surface area contributed by atoms with Crippen LogP contribution in [0.4, 0.5) is 4.79 Å². The molecular weight excluding hydrogens is 422 g/mol. The summed E-state index contributed by atoms with van der Waals surface area (Å²) in [7, 11) is 1.55. The van der Waals surface area contributed by atoms with Crippen LogP contribution in [0.2, 0.25) is 0 Å². The smallest absolute Gasteiger partial charge is 0.327 e. The van der Waals surface area contributed by atoms with Gasteiger partial charge in [-0.3, -0.25) is 14.5 Å². The third-order valence-corrected chi connectivity index (χ3v) is 6.75. The number of para-hydroxylation sites is 2. The van der Waals surface area contributed by atoms with E-state index >= 15 is 0 Å². The van der Waals surface area contributed by atoms with Crippen molar-refractivity contribution in [2.45, 2.75) is 24.8 Å². The van der Waals surface area contributed by atoms with Gasteiger partial charge in [0.1, 0.15) is 18.0 Å². The molecule has 0 spiro atoms. The lowest BCUT2D eigenvalue weighted by molar-refractivity contribution is -0.133. The van der Waals surface area contributed by atoms with Crippen molar-refractivity contribution in [1.82, 2.24) is 14.7 Å². The highest BCUT2D eigenvalue weighted by Gasteiger charge is 2.42. The molecule has 33 heavy (non-hydrogen) atoms. The van der Waals surface area contributed by atoms with Crippen molar-refractivity contribution in [2.75, 3.05) is 39.9 Å². The van der Waals surface area contributed by atoms with E-state index in [2.05, 4.69) is 0 Å². The Hall–Kier alpha value is -3.39. The van der Waals surface area contributed by atoms with Gasteiger partial charge in [0.05, 0.1) is 19.1 Å². The zero-order valence-corrected chi connectivity index (χ0v) is 18.6. The van der Waals surface area contributed by atoms with Crippen molar-refractivity contribution in [2.24, 2.45) is 0 Å². The summed E-state index contributed by atoms with van der Waals surface area (Å²) in [4.78, 5) is 43.5. The second-order valence-electron chi connectivity index (χ2n) is 8.62. The molecule has 0 bridgehead atoms. The van der Waals surface area contributed by atoms with E-state index in [0.717, 1.165) is 11.1 Å². The molecule has 5 rings (SSSR count). The lowest BCUT2D eigenvalue weighted by atomic mass is 9.86. The number of urea groups is 1. The topological polar surface area (TPSA) is 79.4 Å². The molecule has 2 aromatic carbocycles. The van der Waals surface area contributed by atoms with Crippen LogP contribution >= 0.6 is 0 Å². The van der Waals surface area contributed by atoms with E-state index in [0.29, 0.717) is 44.0 Å². The minimum Gasteiger partial charge on any atom is -0.457 e. The highest BCUT2D eigenvalue weighted by atomic mass is 16.5. The van der Waals surface area contributed by atoms with E-state index in [9.17, 15) is 14.4 Å². The minimum absolute atomic E-state index is 0.0437. The van der Waals surface area contributed by atoms with Crippen molar-refractivity contribution < 1.29 is 23.9 Å². The van der Waals surface area contributed by atoms with Gasteiger partial charge in [0, 0.05) is 37.4 Å². The molecule has 3 aliphatic rings. The fourth-order valence-electron chi connectivity index (χ4n) is 5.01. The Labute approximate surface area is 192 Å². The van der Waals surface area contributed by atoms with Crippen LogP contribution in [0.25, 0.3) is 0 Å². The minimum atomic E-state index is -0.415. The zero-order valence-electron chi connectivity index (χ0n) is 18.6. The van der Waals surface area contributed by atoms with Crippen LogP contribution in [0.3, 0.4) is 0 Å². The first-order chi connectivity index (χ1) is 16.1. The number of ether oxygens (including phenoxy) is 2. The van der Waals surface area contributed by atoms with Crippen LogP contribution in [0.15, 0.2) is 48.5 Å². The Bertz CT molecular complexity index is 1030. The van der Waals surface area contributed by atoms with Crippen LogP contribution in [-0.4, -0.2) is 78.5 Å². The van der Waals surface area contributed by atoms with E-state index in [1.807, 2.05) is 53.4 Å². The van der Waals surface area contributed by atoms with Crippen molar-refractivity contribution >= 4 is 17.8 Å². The predicted octanol–water partition coefficient (Wildman–Crippen LogP) is 2.83. The summed E-state index contributed by atoms with van der Waals surface area (Å²) >= 11 is 0. The molecule has 0 aliphatic carbocycles. The van der Waals surface area contributed by atoms with Crippen molar-refractivity contribution in [1.29, 1.82) is 0 Å². The SMILES string of the molecule is COCCN1C(=O)CN(C2CCN(C(=O)C3c4ccccc4Oc4ccccc43)CC2)C1=O. The first-order valence-corrected chi connectivity index (χ1v) is 11.3. The predicted molar refractivity (Wildman–Crippen MR) is 120 cm³/mol. The van der Waals surface area contributed by atoms with E-state index < -0.39 is 5.92 Å². The molecular formula is C25H27N3O5. The molecule has 8 heteroatoms. The number of carbonyl (C=O) groups excluding carboxylic acids is 3. The molecule has 2 aromatic rings. The molecule has 2 saturated heterocycles. The number of likely N-dealkylation sites (tertiary alicyclic amines) is 1. The molecule has 0 atom stereocenters. The third kappa shape index (κ3) is 3.84. The van der Waals surface area contributed by atoms with Gasteiger partial charge in [-0.25, -0.2) is 4.79 Å². The molecule has 172 valence electrons. The monoisotopic (exact) mass is 449 g/mol. The Morgan fingerprint density at radius 1 is 1.00 bits per heavy atom. The summed E-state index contributed by atoms with van der Waals surface area (Å²) in [5.74, 6) is 0.860. The Kier molecular flexibility index (Phi) is 5.76. The maximum Gasteiger partial charge on any atom is 0.327 e. The summed E-state index contributed by atoms with van der Waals surface area (Å²) in [6.45, 7) is 1.78. The second-order valence-corrected chi connectivity index (χ2v) is 8.62. The number of nitrogens with zero attached hydrogens (tertiary/aromatic N) is 3. The number of rotatable bonds is 5. The average Bonchev–Trinajstić information content (AvgIpc) is 3.13. The van der Waals surface area contributed by atoms with Gasteiger partial charge in [-0.2, -0.15) is 0 Å². The summed E-state index contributed by atoms with van der Waals surface area (Å²) in [6.07, 6.45) is 1.30. The summed E-state index contributed by atoms with van der Waals surface area (Å²) in [5.41, 5.74) is 1.75. The number of piperidine rings is 1. The van der Waals surface area contributed by atoms with Gasteiger partial charge in [0.15, 0.2) is 0 Å². The van der Waals surface area contributed by atoms with Gasteiger partial charge in [-0.15, -0.1) is 0 Å². The van der Waals surface area contributed by atoms with Gasteiger partial charge in [-0.05, 0) is 25.0 Å². The van der Waals surface area contributed by atoms with Crippen LogP contribution in [-0.2, 0) is 14.3 Å². The van der Waals surface area contributed by atoms with Crippen molar-refractivity contribution in [3.05, 3.63) is 59.7 Å². The molecule has 2 fully saturated rings. The number of fused-ring (bicyclic) bond motifs is 2. The van der Waals surface area contributed by atoms with E-state index in [4.69, 9.17) is 9.47 Å². The lowest BCUT2D eigenvalue weighted by Crippen LogP contribution is -2.49. The molecule has 0 saturated carbocycles. The van der Waals surface area contributed by atoms with Gasteiger partial charge < -0.3 is 19.3 Å². The number of methoxy groups -OCH3 is 1. The highest BCUT2D eigenvalue weighted by Crippen LogP contribution is 2.44. The van der Waals surface area contributed by atoms with Crippen LogP contribution in [0, 0.1) is 0 Å². The van der Waals surface area contributed by atoms with E-state index in [1.165, 1.54) is 4.90 Å². The van der Waals surface area contributed by atoms with Crippen LogP contribution in [0.1, 0.15) is 29.9 Å². The molecule has 3 aliphatic heterocycles. The van der Waals surface area contributed by atoms with E-state index in [1.54, 1.807) is 12.0 Å². The maximum atomic E-state index is 13.7. The van der Waals surface area contributed by atoms with Gasteiger partial charge in [-0.1, -0.05) is 36.4 Å². The average molecular weight is 450 g/mol. The number of hydrogen-bond acceptors (Lipinski definition) is 5. The molecule has 8 nitrogen and oxygen atoms in total. The van der Waals surface area contributed by atoms with Gasteiger partial charge >= 0.3 is 6.03 Å². The first kappa shape index (κ1) is 21.5. The molecule has 0 radical (unpaired) electrons. The Balaban J connectivity index is 1.29.